The number of fused-ring (bicyclic) bond motifs is 1. The first kappa shape index (κ1) is 22.4. The Balaban J connectivity index is 1.89. The van der Waals surface area contributed by atoms with Gasteiger partial charge in [0.1, 0.15) is 13.2 Å². The zero-order valence-electron chi connectivity index (χ0n) is 17.4. The maximum absolute atomic E-state index is 12.5. The SMILES string of the molecule is CCC(C)(CC(C)C(=O)OC)C(=O)OCCOC(=O)c1cccc2ccccc12. The number of esters is 3. The van der Waals surface area contributed by atoms with Gasteiger partial charge in [0.15, 0.2) is 0 Å². The lowest BCUT2D eigenvalue weighted by Gasteiger charge is -2.28. The highest BCUT2D eigenvalue weighted by Gasteiger charge is 2.36. The molecule has 0 radical (unpaired) electrons. The van der Waals surface area contributed by atoms with E-state index in [1.807, 2.05) is 37.3 Å². The van der Waals surface area contributed by atoms with Crippen LogP contribution in [0.4, 0.5) is 0 Å². The number of hydrogen-bond donors (Lipinski definition) is 0. The molecule has 156 valence electrons. The number of rotatable bonds is 9. The number of methoxy groups -OCH3 is 1. The summed E-state index contributed by atoms with van der Waals surface area (Å²) in [6, 6.07) is 13.0. The largest absolute Gasteiger partial charge is 0.469 e. The number of ether oxygens (including phenoxy) is 3. The molecule has 0 amide bonds. The molecule has 2 aromatic rings. The van der Waals surface area contributed by atoms with Gasteiger partial charge in [0.25, 0.3) is 0 Å². The highest BCUT2D eigenvalue weighted by molar-refractivity contribution is 6.04. The fourth-order valence-corrected chi connectivity index (χ4v) is 3.26. The summed E-state index contributed by atoms with van der Waals surface area (Å²) >= 11 is 0. The zero-order valence-corrected chi connectivity index (χ0v) is 17.4. The Hall–Kier alpha value is -2.89. The van der Waals surface area contributed by atoms with Crippen molar-refractivity contribution in [3.05, 3.63) is 48.0 Å². The van der Waals surface area contributed by atoms with Crippen molar-refractivity contribution in [2.75, 3.05) is 20.3 Å². The number of benzene rings is 2. The van der Waals surface area contributed by atoms with E-state index in [0.717, 1.165) is 10.8 Å². The van der Waals surface area contributed by atoms with Crippen molar-refractivity contribution in [2.45, 2.75) is 33.6 Å². The summed E-state index contributed by atoms with van der Waals surface area (Å²) in [4.78, 5) is 36.6. The van der Waals surface area contributed by atoms with Crippen molar-refractivity contribution in [1.82, 2.24) is 0 Å². The smallest absolute Gasteiger partial charge is 0.338 e. The molecular formula is C23H28O6. The van der Waals surface area contributed by atoms with Gasteiger partial charge in [-0.1, -0.05) is 50.2 Å². The van der Waals surface area contributed by atoms with Gasteiger partial charge >= 0.3 is 17.9 Å². The maximum Gasteiger partial charge on any atom is 0.338 e. The molecule has 6 nitrogen and oxygen atoms in total. The van der Waals surface area contributed by atoms with Crippen LogP contribution < -0.4 is 0 Å². The molecule has 6 heteroatoms. The predicted octanol–water partition coefficient (Wildman–Crippen LogP) is 4.16. The van der Waals surface area contributed by atoms with Gasteiger partial charge in [-0.15, -0.1) is 0 Å². The van der Waals surface area contributed by atoms with E-state index < -0.39 is 23.3 Å². The van der Waals surface area contributed by atoms with E-state index in [1.54, 1.807) is 26.0 Å². The number of carbonyl (C=O) groups excluding carboxylic acids is 3. The van der Waals surface area contributed by atoms with Gasteiger partial charge in [-0.3, -0.25) is 9.59 Å². The Morgan fingerprint density at radius 1 is 1.00 bits per heavy atom. The zero-order chi connectivity index (χ0) is 21.4. The van der Waals surface area contributed by atoms with E-state index >= 15 is 0 Å². The van der Waals surface area contributed by atoms with Crippen LogP contribution in [0.3, 0.4) is 0 Å². The molecule has 0 aliphatic rings. The molecule has 2 atom stereocenters. The molecule has 0 heterocycles. The molecule has 0 spiro atoms. The molecule has 0 bridgehead atoms. The van der Waals surface area contributed by atoms with Crippen LogP contribution in [0.2, 0.25) is 0 Å². The first-order valence-corrected chi connectivity index (χ1v) is 9.72. The second-order valence-corrected chi connectivity index (χ2v) is 7.34. The molecule has 0 fully saturated rings. The van der Waals surface area contributed by atoms with Crippen molar-refractivity contribution >= 4 is 28.7 Å². The van der Waals surface area contributed by atoms with Gasteiger partial charge < -0.3 is 14.2 Å². The van der Waals surface area contributed by atoms with Gasteiger partial charge in [-0.05, 0) is 36.6 Å². The van der Waals surface area contributed by atoms with Crippen molar-refractivity contribution in [3.8, 4) is 0 Å². The lowest BCUT2D eigenvalue weighted by molar-refractivity contribution is -0.159. The molecule has 2 unspecified atom stereocenters. The normalized spacial score (nSPS) is 13.9. The Labute approximate surface area is 171 Å². The van der Waals surface area contributed by atoms with Gasteiger partial charge in [-0.2, -0.15) is 0 Å². The number of carbonyl (C=O) groups is 3. The van der Waals surface area contributed by atoms with Crippen LogP contribution in [0.1, 0.15) is 44.0 Å². The summed E-state index contributed by atoms with van der Waals surface area (Å²) < 4.78 is 15.3. The van der Waals surface area contributed by atoms with Crippen molar-refractivity contribution in [1.29, 1.82) is 0 Å². The Bertz CT molecular complexity index is 869. The monoisotopic (exact) mass is 400 g/mol. The van der Waals surface area contributed by atoms with Crippen LogP contribution in [0.5, 0.6) is 0 Å². The highest BCUT2D eigenvalue weighted by atomic mass is 16.6. The minimum absolute atomic E-state index is 0.0415. The standard InChI is InChI=1S/C23H28O6/c1-5-23(3,15-16(2)20(24)27-4)22(26)29-14-13-28-21(25)19-12-8-10-17-9-6-7-11-18(17)19/h6-12,16H,5,13-15H2,1-4H3. The van der Waals surface area contributed by atoms with Crippen LogP contribution >= 0.6 is 0 Å². The van der Waals surface area contributed by atoms with E-state index in [2.05, 4.69) is 0 Å². The lowest BCUT2D eigenvalue weighted by Crippen LogP contribution is -2.34. The third kappa shape index (κ3) is 5.56. The van der Waals surface area contributed by atoms with E-state index in [4.69, 9.17) is 14.2 Å². The summed E-state index contributed by atoms with van der Waals surface area (Å²) in [6.45, 7) is 5.26. The molecule has 0 N–H and O–H groups in total. The quantitative estimate of drug-likeness (QED) is 0.357. The Kier molecular flexibility index (Phi) is 7.76. The van der Waals surface area contributed by atoms with Crippen LogP contribution in [-0.2, 0) is 23.8 Å². The summed E-state index contributed by atoms with van der Waals surface area (Å²) in [6.07, 6.45) is 0.841. The Morgan fingerprint density at radius 2 is 1.66 bits per heavy atom. The van der Waals surface area contributed by atoms with Crippen LogP contribution in [0.15, 0.2) is 42.5 Å². The number of hydrogen-bond acceptors (Lipinski definition) is 6. The minimum Gasteiger partial charge on any atom is -0.469 e. The molecule has 29 heavy (non-hydrogen) atoms. The topological polar surface area (TPSA) is 78.9 Å². The average Bonchev–Trinajstić information content (AvgIpc) is 2.74. The maximum atomic E-state index is 12.5. The van der Waals surface area contributed by atoms with Gasteiger partial charge in [0.2, 0.25) is 0 Å². The summed E-state index contributed by atoms with van der Waals surface area (Å²) in [7, 11) is 1.32. The third-order valence-corrected chi connectivity index (χ3v) is 5.19. The molecule has 0 saturated carbocycles. The van der Waals surface area contributed by atoms with Crippen molar-refractivity contribution in [2.24, 2.45) is 11.3 Å². The second-order valence-electron chi connectivity index (χ2n) is 7.34. The van der Waals surface area contributed by atoms with Gasteiger partial charge in [0, 0.05) is 0 Å². The molecule has 2 rings (SSSR count). The first-order valence-electron chi connectivity index (χ1n) is 9.72. The predicted molar refractivity (Wildman–Crippen MR) is 109 cm³/mol. The summed E-state index contributed by atoms with van der Waals surface area (Å²) in [5, 5.41) is 1.76. The lowest BCUT2D eigenvalue weighted by atomic mass is 9.79. The molecule has 2 aromatic carbocycles. The molecule has 0 aromatic heterocycles. The fraction of sp³-hybridized carbons (Fsp3) is 0.435. The van der Waals surface area contributed by atoms with E-state index in [9.17, 15) is 14.4 Å². The average molecular weight is 400 g/mol. The van der Waals surface area contributed by atoms with Crippen LogP contribution in [0, 0.1) is 11.3 Å². The van der Waals surface area contributed by atoms with Crippen LogP contribution in [-0.4, -0.2) is 38.2 Å². The third-order valence-electron chi connectivity index (χ3n) is 5.19. The van der Waals surface area contributed by atoms with Gasteiger partial charge in [0.05, 0.1) is 24.0 Å². The summed E-state index contributed by atoms with van der Waals surface area (Å²) in [5.41, 5.74) is -0.340. The molecular weight excluding hydrogens is 372 g/mol. The van der Waals surface area contributed by atoms with Crippen molar-refractivity contribution < 1.29 is 28.6 Å². The fourth-order valence-electron chi connectivity index (χ4n) is 3.26. The highest BCUT2D eigenvalue weighted by Crippen LogP contribution is 2.32. The van der Waals surface area contributed by atoms with Crippen LogP contribution in [0.25, 0.3) is 10.8 Å². The van der Waals surface area contributed by atoms with E-state index in [-0.39, 0.29) is 19.2 Å². The van der Waals surface area contributed by atoms with E-state index in [0.29, 0.717) is 18.4 Å². The second kappa shape index (κ2) is 10.0. The molecule has 0 aliphatic heterocycles. The molecule has 0 saturated heterocycles. The Morgan fingerprint density at radius 3 is 2.34 bits per heavy atom. The van der Waals surface area contributed by atoms with Gasteiger partial charge in [-0.25, -0.2) is 4.79 Å². The first-order chi connectivity index (χ1) is 13.8. The van der Waals surface area contributed by atoms with E-state index in [1.165, 1.54) is 7.11 Å². The molecule has 0 aliphatic carbocycles. The van der Waals surface area contributed by atoms with Crippen molar-refractivity contribution in [3.63, 3.8) is 0 Å². The summed E-state index contributed by atoms with van der Waals surface area (Å²) in [5.74, 6) is -1.66. The minimum atomic E-state index is -0.812.